The summed E-state index contributed by atoms with van der Waals surface area (Å²) in [6.07, 6.45) is 0. The van der Waals surface area contributed by atoms with Crippen LogP contribution in [-0.4, -0.2) is 10.2 Å². The molecule has 40 heavy (non-hydrogen) atoms. The lowest BCUT2D eigenvalue weighted by molar-refractivity contribution is 0.463. The van der Waals surface area contributed by atoms with Crippen LogP contribution < -0.4 is 0 Å². The average Bonchev–Trinajstić information content (AvgIpc) is 3.02. The molecule has 0 spiro atoms. The molecule has 0 heterocycles. The van der Waals surface area contributed by atoms with E-state index in [-0.39, 0.29) is 11.5 Å². The predicted molar refractivity (Wildman–Crippen MR) is 167 cm³/mol. The van der Waals surface area contributed by atoms with Crippen LogP contribution in [0.25, 0.3) is 66.1 Å². The first-order chi connectivity index (χ1) is 19.7. The van der Waals surface area contributed by atoms with Gasteiger partial charge in [0.05, 0.1) is 0 Å². The van der Waals surface area contributed by atoms with Gasteiger partial charge < -0.3 is 10.2 Å². The Labute approximate surface area is 233 Å². The zero-order chi connectivity index (χ0) is 27.1. The molecular formula is C38H26O2. The molecule has 0 fully saturated rings. The topological polar surface area (TPSA) is 40.5 Å². The van der Waals surface area contributed by atoms with Crippen LogP contribution in [0.2, 0.25) is 0 Å². The summed E-state index contributed by atoms with van der Waals surface area (Å²) in [5.41, 5.74) is 7.41. The Kier molecular flexibility index (Phi) is 5.79. The number of fused-ring (bicyclic) bond motifs is 2. The van der Waals surface area contributed by atoms with Crippen molar-refractivity contribution >= 4 is 21.5 Å². The molecule has 2 heteroatoms. The van der Waals surface area contributed by atoms with Crippen molar-refractivity contribution in [1.82, 2.24) is 0 Å². The van der Waals surface area contributed by atoms with Crippen molar-refractivity contribution in [3.63, 3.8) is 0 Å². The van der Waals surface area contributed by atoms with E-state index >= 15 is 0 Å². The molecule has 0 aliphatic carbocycles. The zero-order valence-electron chi connectivity index (χ0n) is 21.8. The predicted octanol–water partition coefficient (Wildman–Crippen LogP) is 10.1. The van der Waals surface area contributed by atoms with Gasteiger partial charge in [-0.05, 0) is 67.1 Å². The lowest BCUT2D eigenvalue weighted by Gasteiger charge is -2.13. The molecule has 0 saturated heterocycles. The highest BCUT2D eigenvalue weighted by molar-refractivity contribution is 5.98. The third-order valence-electron chi connectivity index (χ3n) is 7.71. The van der Waals surface area contributed by atoms with Crippen molar-refractivity contribution < 1.29 is 10.2 Å². The fraction of sp³-hybridized carbons (Fsp3) is 0. The first-order valence-corrected chi connectivity index (χ1v) is 13.4. The molecule has 0 radical (unpaired) electrons. The van der Waals surface area contributed by atoms with Gasteiger partial charge in [0.15, 0.2) is 0 Å². The van der Waals surface area contributed by atoms with Crippen molar-refractivity contribution in [2.45, 2.75) is 0 Å². The van der Waals surface area contributed by atoms with Gasteiger partial charge in [-0.1, -0.05) is 133 Å². The Bertz CT molecular complexity index is 1840. The zero-order valence-corrected chi connectivity index (χ0v) is 21.8. The van der Waals surface area contributed by atoms with Crippen molar-refractivity contribution in [2.75, 3.05) is 0 Å². The van der Waals surface area contributed by atoms with Gasteiger partial charge >= 0.3 is 0 Å². The molecule has 0 aliphatic rings. The van der Waals surface area contributed by atoms with Crippen LogP contribution in [-0.2, 0) is 0 Å². The number of hydrogen-bond donors (Lipinski definition) is 2. The highest BCUT2D eigenvalue weighted by Crippen LogP contribution is 2.41. The maximum Gasteiger partial charge on any atom is 0.124 e. The normalized spacial score (nSPS) is 11.2. The number of rotatable bonds is 4. The first kappa shape index (κ1) is 23.8. The van der Waals surface area contributed by atoms with Crippen LogP contribution in [0.3, 0.4) is 0 Å². The summed E-state index contributed by atoms with van der Waals surface area (Å²) in [6, 6.07) is 48.9. The molecule has 0 amide bonds. The Morgan fingerprint density at radius 1 is 0.300 bits per heavy atom. The number of phenolic OH excluding ortho intramolecular Hbond substituents is 2. The highest BCUT2D eigenvalue weighted by atomic mass is 16.3. The quantitative estimate of drug-likeness (QED) is 0.229. The van der Waals surface area contributed by atoms with E-state index in [0.29, 0.717) is 11.1 Å². The van der Waals surface area contributed by atoms with E-state index in [9.17, 15) is 10.2 Å². The average molecular weight is 515 g/mol. The van der Waals surface area contributed by atoms with Crippen LogP contribution in [0.5, 0.6) is 11.5 Å². The summed E-state index contributed by atoms with van der Waals surface area (Å²) in [7, 11) is 0. The third kappa shape index (κ3) is 4.16. The minimum atomic E-state index is 0.129. The fourth-order valence-corrected chi connectivity index (χ4v) is 5.65. The van der Waals surface area contributed by atoms with E-state index in [1.54, 1.807) is 12.1 Å². The summed E-state index contributed by atoms with van der Waals surface area (Å²) < 4.78 is 0. The van der Waals surface area contributed by atoms with Gasteiger partial charge in [0, 0.05) is 11.1 Å². The number of hydrogen-bond acceptors (Lipinski definition) is 2. The summed E-state index contributed by atoms with van der Waals surface area (Å²) in [5.74, 6) is 0.257. The molecule has 0 aliphatic heterocycles. The lowest BCUT2D eigenvalue weighted by atomic mass is 9.93. The molecule has 7 aromatic carbocycles. The van der Waals surface area contributed by atoms with Gasteiger partial charge in [-0.2, -0.15) is 0 Å². The molecule has 2 nitrogen and oxygen atoms in total. The number of aromatic hydroxyl groups is 2. The molecule has 190 valence electrons. The SMILES string of the molecule is Oc1cc(-c2ccc(-c3cccc4ccccc34)cc2)c(O)cc1-c1ccc(-c2cccc3ccccc23)cc1. The minimum Gasteiger partial charge on any atom is -0.507 e. The van der Waals surface area contributed by atoms with E-state index in [0.717, 1.165) is 22.3 Å². The van der Waals surface area contributed by atoms with Crippen molar-refractivity contribution in [3.05, 3.63) is 146 Å². The van der Waals surface area contributed by atoms with Crippen molar-refractivity contribution in [1.29, 1.82) is 0 Å². The van der Waals surface area contributed by atoms with Gasteiger partial charge in [-0.25, -0.2) is 0 Å². The van der Waals surface area contributed by atoms with Gasteiger partial charge in [0.25, 0.3) is 0 Å². The number of benzene rings is 7. The third-order valence-corrected chi connectivity index (χ3v) is 7.71. The van der Waals surface area contributed by atoms with E-state index in [1.807, 2.05) is 36.4 Å². The Morgan fingerprint density at radius 2 is 0.625 bits per heavy atom. The molecule has 2 N–H and O–H groups in total. The molecule has 0 aromatic heterocycles. The standard InChI is InChI=1S/C38H26O2/c39-37-24-36(30-21-17-28(18-22-30)34-14-6-10-26-8-2-4-12-32(26)34)38(40)23-35(37)29-19-15-27(16-20-29)33-13-5-9-25-7-1-3-11-31(25)33/h1-24,39-40H. The first-order valence-electron chi connectivity index (χ1n) is 13.4. The van der Waals surface area contributed by atoms with Crippen LogP contribution >= 0.6 is 0 Å². The lowest BCUT2D eigenvalue weighted by Crippen LogP contribution is -1.86. The van der Waals surface area contributed by atoms with Crippen LogP contribution in [0.15, 0.2) is 146 Å². The van der Waals surface area contributed by atoms with Gasteiger partial charge in [-0.3, -0.25) is 0 Å². The van der Waals surface area contributed by atoms with E-state index in [1.165, 1.54) is 32.7 Å². The minimum absolute atomic E-state index is 0.129. The maximum atomic E-state index is 11.0. The molecule has 0 atom stereocenters. The monoisotopic (exact) mass is 514 g/mol. The maximum absolute atomic E-state index is 11.0. The van der Waals surface area contributed by atoms with Crippen LogP contribution in [0.4, 0.5) is 0 Å². The second-order valence-corrected chi connectivity index (χ2v) is 10.1. The Hall–Kier alpha value is -5.34. The number of phenols is 2. The molecule has 0 unspecified atom stereocenters. The molecular weight excluding hydrogens is 488 g/mol. The molecule has 0 bridgehead atoms. The summed E-state index contributed by atoms with van der Waals surface area (Å²) >= 11 is 0. The van der Waals surface area contributed by atoms with Gasteiger partial charge in [0.2, 0.25) is 0 Å². The second-order valence-electron chi connectivity index (χ2n) is 10.1. The second kappa shape index (κ2) is 9.76. The Balaban J connectivity index is 1.20. The molecule has 0 saturated carbocycles. The van der Waals surface area contributed by atoms with Crippen LogP contribution in [0.1, 0.15) is 0 Å². The van der Waals surface area contributed by atoms with E-state index < -0.39 is 0 Å². The highest BCUT2D eigenvalue weighted by Gasteiger charge is 2.14. The van der Waals surface area contributed by atoms with E-state index in [2.05, 4.69) is 97.1 Å². The van der Waals surface area contributed by atoms with Crippen molar-refractivity contribution in [3.8, 4) is 56.0 Å². The molecule has 7 aromatic rings. The fourth-order valence-electron chi connectivity index (χ4n) is 5.65. The largest absolute Gasteiger partial charge is 0.507 e. The molecule has 7 rings (SSSR count). The summed E-state index contributed by atoms with van der Waals surface area (Å²) in [5, 5.41) is 26.8. The van der Waals surface area contributed by atoms with Gasteiger partial charge in [0.1, 0.15) is 11.5 Å². The van der Waals surface area contributed by atoms with Gasteiger partial charge in [-0.15, -0.1) is 0 Å². The Morgan fingerprint density at radius 3 is 1.02 bits per heavy atom. The summed E-state index contributed by atoms with van der Waals surface area (Å²) in [4.78, 5) is 0. The smallest absolute Gasteiger partial charge is 0.124 e. The van der Waals surface area contributed by atoms with Crippen LogP contribution in [0, 0.1) is 0 Å². The van der Waals surface area contributed by atoms with E-state index in [4.69, 9.17) is 0 Å². The van der Waals surface area contributed by atoms with Crippen molar-refractivity contribution in [2.24, 2.45) is 0 Å². The summed E-state index contributed by atoms with van der Waals surface area (Å²) in [6.45, 7) is 0.